The largest absolute Gasteiger partial charge is 0.481 e. The van der Waals surface area contributed by atoms with Crippen LogP contribution in [0, 0.1) is 5.92 Å². The van der Waals surface area contributed by atoms with E-state index in [0.717, 1.165) is 0 Å². The van der Waals surface area contributed by atoms with Gasteiger partial charge in [0.2, 0.25) is 0 Å². The minimum absolute atomic E-state index is 0.102. The van der Waals surface area contributed by atoms with Gasteiger partial charge in [-0.3, -0.25) is 9.59 Å². The van der Waals surface area contributed by atoms with Gasteiger partial charge in [0, 0.05) is 17.2 Å². The number of benzene rings is 1. The Morgan fingerprint density at radius 1 is 1.26 bits per heavy atom. The molecule has 2 N–H and O–H groups in total. The van der Waals surface area contributed by atoms with Gasteiger partial charge in [-0.25, -0.2) is 0 Å². The number of carbonyl (C=O) groups excluding carboxylic acids is 1. The van der Waals surface area contributed by atoms with Crippen molar-refractivity contribution in [2.24, 2.45) is 5.92 Å². The first-order valence-electron chi connectivity index (χ1n) is 7.38. The molecule has 0 fully saturated rings. The number of carbonyl (C=O) groups is 2. The smallest absolute Gasteiger partial charge is 0.306 e. The zero-order valence-corrected chi connectivity index (χ0v) is 14.0. The standard InChI is InChI=1S/C16H22ClNO5/c1-3-22-10-23-9-14(8-11(2)16(20)21)18-15(19)12-4-6-13(17)7-5-12/h4-7,11,14H,3,8-10H2,1-2H3,(H,18,19)(H,20,21)/t11-,14-/m0/s1. The lowest BCUT2D eigenvalue weighted by atomic mass is 10.0. The summed E-state index contributed by atoms with van der Waals surface area (Å²) in [6.45, 7) is 4.23. The molecule has 0 aliphatic carbocycles. The SMILES string of the molecule is CCOCOC[C@H](C[C@H](C)C(=O)O)NC(=O)c1ccc(Cl)cc1. The topological polar surface area (TPSA) is 84.9 Å². The highest BCUT2D eigenvalue weighted by molar-refractivity contribution is 6.30. The fourth-order valence-corrected chi connectivity index (χ4v) is 2.02. The third-order valence-electron chi connectivity index (χ3n) is 3.19. The lowest BCUT2D eigenvalue weighted by molar-refractivity contribution is -0.141. The van der Waals surface area contributed by atoms with Gasteiger partial charge in [0.25, 0.3) is 5.91 Å². The average molecular weight is 344 g/mol. The first kappa shape index (κ1) is 19.4. The van der Waals surface area contributed by atoms with E-state index < -0.39 is 17.9 Å². The average Bonchev–Trinajstić information content (AvgIpc) is 2.51. The highest BCUT2D eigenvalue weighted by atomic mass is 35.5. The highest BCUT2D eigenvalue weighted by Crippen LogP contribution is 2.11. The van der Waals surface area contributed by atoms with Gasteiger partial charge >= 0.3 is 5.97 Å². The number of carboxylic acid groups (broad SMARTS) is 1. The van der Waals surface area contributed by atoms with Crippen LogP contribution in [0.25, 0.3) is 0 Å². The van der Waals surface area contributed by atoms with E-state index in [4.69, 9.17) is 26.2 Å². The molecule has 0 radical (unpaired) electrons. The summed E-state index contributed by atoms with van der Waals surface area (Å²) in [7, 11) is 0. The Kier molecular flexibility index (Phi) is 8.61. The Hall–Kier alpha value is -1.63. The number of rotatable bonds is 10. The Labute approximate surface area is 140 Å². The molecule has 0 saturated carbocycles. The third-order valence-corrected chi connectivity index (χ3v) is 3.44. The molecule has 0 aliphatic heterocycles. The maximum absolute atomic E-state index is 12.2. The van der Waals surface area contributed by atoms with E-state index in [1.165, 1.54) is 0 Å². The minimum atomic E-state index is -0.916. The Morgan fingerprint density at radius 2 is 1.91 bits per heavy atom. The predicted octanol–water partition coefficient (Wildman–Crippen LogP) is 2.56. The van der Waals surface area contributed by atoms with Crippen LogP contribution in [0.2, 0.25) is 5.02 Å². The van der Waals surface area contributed by atoms with E-state index in [-0.39, 0.29) is 25.7 Å². The van der Waals surface area contributed by atoms with Gasteiger partial charge in [0.15, 0.2) is 0 Å². The molecule has 1 rings (SSSR count). The maximum atomic E-state index is 12.2. The number of aliphatic carboxylic acids is 1. The second kappa shape index (κ2) is 10.2. The van der Waals surface area contributed by atoms with Crippen molar-refractivity contribution >= 4 is 23.5 Å². The van der Waals surface area contributed by atoms with Gasteiger partial charge < -0.3 is 19.9 Å². The van der Waals surface area contributed by atoms with Gasteiger partial charge in [-0.1, -0.05) is 18.5 Å². The molecule has 0 aromatic heterocycles. The molecular formula is C16H22ClNO5. The Bertz CT molecular complexity index is 506. The number of nitrogens with one attached hydrogen (secondary N) is 1. The van der Waals surface area contributed by atoms with E-state index in [2.05, 4.69) is 5.32 Å². The first-order chi connectivity index (χ1) is 10.9. The first-order valence-corrected chi connectivity index (χ1v) is 7.76. The van der Waals surface area contributed by atoms with Crippen molar-refractivity contribution in [3.8, 4) is 0 Å². The molecule has 1 aromatic carbocycles. The van der Waals surface area contributed by atoms with E-state index in [1.807, 2.05) is 6.92 Å². The molecule has 1 amide bonds. The molecule has 1 aromatic rings. The molecule has 0 saturated heterocycles. The number of carboxylic acids is 1. The summed E-state index contributed by atoms with van der Waals surface area (Å²) in [5, 5.41) is 12.4. The molecule has 0 heterocycles. The van der Waals surface area contributed by atoms with E-state index in [9.17, 15) is 9.59 Å². The monoisotopic (exact) mass is 343 g/mol. The van der Waals surface area contributed by atoms with Gasteiger partial charge in [-0.15, -0.1) is 0 Å². The molecule has 0 bridgehead atoms. The van der Waals surface area contributed by atoms with E-state index >= 15 is 0 Å². The summed E-state index contributed by atoms with van der Waals surface area (Å²) in [4.78, 5) is 23.2. The Balaban J connectivity index is 2.64. The van der Waals surface area contributed by atoms with Gasteiger partial charge in [-0.05, 0) is 37.6 Å². The number of ether oxygens (including phenoxy) is 2. The lowest BCUT2D eigenvalue weighted by Crippen LogP contribution is -2.40. The van der Waals surface area contributed by atoms with Crippen molar-refractivity contribution in [2.45, 2.75) is 26.3 Å². The highest BCUT2D eigenvalue weighted by Gasteiger charge is 2.21. The molecule has 0 aliphatic rings. The van der Waals surface area contributed by atoms with Crippen LogP contribution in [0.3, 0.4) is 0 Å². The van der Waals surface area contributed by atoms with Crippen molar-refractivity contribution in [1.82, 2.24) is 5.32 Å². The summed E-state index contributed by atoms with van der Waals surface area (Å²) in [5.41, 5.74) is 0.451. The summed E-state index contributed by atoms with van der Waals surface area (Å²) >= 11 is 5.79. The van der Waals surface area contributed by atoms with Gasteiger partial charge in [0.1, 0.15) is 6.79 Å². The summed E-state index contributed by atoms with van der Waals surface area (Å²) < 4.78 is 10.4. The number of amides is 1. The molecule has 0 spiro atoms. The molecule has 0 unspecified atom stereocenters. The fraction of sp³-hybridized carbons (Fsp3) is 0.500. The molecule has 2 atom stereocenters. The predicted molar refractivity (Wildman–Crippen MR) is 86.6 cm³/mol. The summed E-state index contributed by atoms with van der Waals surface area (Å²) in [6, 6.07) is 6.03. The molecular weight excluding hydrogens is 322 g/mol. The van der Waals surface area contributed by atoms with Crippen LogP contribution >= 0.6 is 11.6 Å². The van der Waals surface area contributed by atoms with Crippen molar-refractivity contribution in [3.63, 3.8) is 0 Å². The second-order valence-electron chi connectivity index (χ2n) is 5.13. The fourth-order valence-electron chi connectivity index (χ4n) is 1.90. The van der Waals surface area contributed by atoms with Crippen LogP contribution in [0.5, 0.6) is 0 Å². The lowest BCUT2D eigenvalue weighted by Gasteiger charge is -2.20. The molecule has 128 valence electrons. The van der Waals surface area contributed by atoms with E-state index in [1.54, 1.807) is 31.2 Å². The number of hydrogen-bond donors (Lipinski definition) is 2. The maximum Gasteiger partial charge on any atom is 0.306 e. The summed E-state index contributed by atoms with van der Waals surface area (Å²) in [5.74, 6) is -1.81. The van der Waals surface area contributed by atoms with Gasteiger partial charge in [0.05, 0.1) is 18.6 Å². The quantitative estimate of drug-likeness (QED) is 0.504. The molecule has 7 heteroatoms. The van der Waals surface area contributed by atoms with Crippen LogP contribution in [-0.2, 0) is 14.3 Å². The normalized spacial score (nSPS) is 13.3. The van der Waals surface area contributed by atoms with Crippen molar-refractivity contribution in [3.05, 3.63) is 34.9 Å². The van der Waals surface area contributed by atoms with Crippen LogP contribution in [0.1, 0.15) is 30.6 Å². The molecule has 23 heavy (non-hydrogen) atoms. The van der Waals surface area contributed by atoms with Gasteiger partial charge in [-0.2, -0.15) is 0 Å². The zero-order valence-electron chi connectivity index (χ0n) is 13.3. The van der Waals surface area contributed by atoms with Crippen molar-refractivity contribution in [2.75, 3.05) is 20.0 Å². The third kappa shape index (κ3) is 7.45. The summed E-state index contributed by atoms with van der Waals surface area (Å²) in [6.07, 6.45) is 0.265. The minimum Gasteiger partial charge on any atom is -0.481 e. The van der Waals surface area contributed by atoms with Crippen LogP contribution < -0.4 is 5.32 Å². The van der Waals surface area contributed by atoms with E-state index in [0.29, 0.717) is 17.2 Å². The van der Waals surface area contributed by atoms with Crippen molar-refractivity contribution < 1.29 is 24.2 Å². The van der Waals surface area contributed by atoms with Crippen LogP contribution in [0.15, 0.2) is 24.3 Å². The van der Waals surface area contributed by atoms with Crippen molar-refractivity contribution in [1.29, 1.82) is 0 Å². The second-order valence-corrected chi connectivity index (χ2v) is 5.57. The number of hydrogen-bond acceptors (Lipinski definition) is 4. The van der Waals surface area contributed by atoms with Crippen LogP contribution in [-0.4, -0.2) is 43.0 Å². The molecule has 6 nitrogen and oxygen atoms in total. The van der Waals surface area contributed by atoms with Crippen LogP contribution in [0.4, 0.5) is 0 Å². The Morgan fingerprint density at radius 3 is 2.48 bits per heavy atom. The zero-order chi connectivity index (χ0) is 17.2. The number of halogens is 1.